The molecule has 0 unspecified atom stereocenters. The molecular formula is C27H29ClN4O4S. The van der Waals surface area contributed by atoms with E-state index in [0.29, 0.717) is 60.1 Å². The lowest BCUT2D eigenvalue weighted by Crippen LogP contribution is -2.32. The van der Waals surface area contributed by atoms with E-state index in [1.54, 1.807) is 35.2 Å². The van der Waals surface area contributed by atoms with Gasteiger partial charge in [0.25, 0.3) is 5.91 Å². The van der Waals surface area contributed by atoms with Crippen LogP contribution in [0, 0.1) is 0 Å². The van der Waals surface area contributed by atoms with Gasteiger partial charge in [0.15, 0.2) is 16.6 Å². The lowest BCUT2D eigenvalue weighted by atomic mass is 10.1. The molecule has 2 heterocycles. The summed E-state index contributed by atoms with van der Waals surface area (Å²) in [6.07, 6.45) is 5.73. The van der Waals surface area contributed by atoms with Crippen LogP contribution in [-0.2, 0) is 17.8 Å². The number of nitrogens with one attached hydrogen (secondary N) is 1. The number of hydrogen-bond acceptors (Lipinski definition) is 6. The molecule has 0 atom stereocenters. The summed E-state index contributed by atoms with van der Waals surface area (Å²) in [6, 6.07) is 11.5. The Morgan fingerprint density at radius 1 is 1.08 bits per heavy atom. The van der Waals surface area contributed by atoms with E-state index in [4.69, 9.17) is 38.0 Å². The van der Waals surface area contributed by atoms with Gasteiger partial charge in [0.1, 0.15) is 11.4 Å². The van der Waals surface area contributed by atoms with Crippen LogP contribution in [0.1, 0.15) is 30.5 Å². The van der Waals surface area contributed by atoms with Crippen molar-refractivity contribution in [2.75, 3.05) is 26.9 Å². The molecule has 37 heavy (non-hydrogen) atoms. The van der Waals surface area contributed by atoms with Crippen molar-refractivity contribution in [1.29, 1.82) is 0 Å². The fourth-order valence-electron chi connectivity index (χ4n) is 4.04. The van der Waals surface area contributed by atoms with E-state index >= 15 is 0 Å². The molecule has 0 bridgehead atoms. The Morgan fingerprint density at radius 3 is 2.54 bits per heavy atom. The average Bonchev–Trinajstić information content (AvgIpc) is 3.41. The van der Waals surface area contributed by atoms with Crippen molar-refractivity contribution >= 4 is 40.9 Å². The Balaban J connectivity index is 1.47. The molecule has 2 aromatic carbocycles. The van der Waals surface area contributed by atoms with Gasteiger partial charge in [0.2, 0.25) is 0 Å². The van der Waals surface area contributed by atoms with Crippen LogP contribution in [-0.4, -0.2) is 52.6 Å². The Kier molecular flexibility index (Phi) is 8.68. The van der Waals surface area contributed by atoms with Gasteiger partial charge in [-0.2, -0.15) is 5.10 Å². The van der Waals surface area contributed by atoms with Gasteiger partial charge >= 0.3 is 0 Å². The van der Waals surface area contributed by atoms with Crippen LogP contribution >= 0.6 is 23.8 Å². The number of carbonyl (C=O) groups excluding carboxylic acids is 1. The minimum absolute atomic E-state index is 0.169. The summed E-state index contributed by atoms with van der Waals surface area (Å²) in [5.41, 5.74) is 3.19. The van der Waals surface area contributed by atoms with Gasteiger partial charge in [-0.3, -0.25) is 14.4 Å². The normalized spacial score (nSPS) is 14.3. The van der Waals surface area contributed by atoms with Crippen molar-refractivity contribution in [2.45, 2.75) is 26.8 Å². The van der Waals surface area contributed by atoms with E-state index in [-0.39, 0.29) is 5.91 Å². The number of aromatic nitrogens is 2. The number of nitrogens with zero attached hydrogens (tertiary/aromatic N) is 3. The van der Waals surface area contributed by atoms with Crippen LogP contribution in [0.15, 0.2) is 54.5 Å². The predicted octanol–water partition coefficient (Wildman–Crippen LogP) is 4.69. The summed E-state index contributed by atoms with van der Waals surface area (Å²) < 4.78 is 18.6. The molecular weight excluding hydrogens is 512 g/mol. The van der Waals surface area contributed by atoms with E-state index in [1.807, 2.05) is 50.2 Å². The third-order valence-electron chi connectivity index (χ3n) is 5.74. The number of benzene rings is 2. The standard InChI is InChI=1S/C27H29ClN4O4S/c1-4-35-24-9-6-18(14-25(24)36-5-2)10-11-32-26(33)22(30-27(32)37)13-19-7-8-23(34-3)20(12-19)16-31-17-21(28)15-29-31/h6-9,12-15,17H,4-5,10-11,16H2,1-3H3,(H,30,37)/b22-13+. The first-order chi connectivity index (χ1) is 17.9. The fourth-order valence-corrected chi connectivity index (χ4v) is 4.48. The molecule has 4 rings (SSSR count). The molecule has 1 fully saturated rings. The number of amides is 1. The number of ether oxygens (including phenoxy) is 3. The second kappa shape index (κ2) is 12.1. The van der Waals surface area contributed by atoms with Crippen molar-refractivity contribution < 1.29 is 19.0 Å². The molecule has 10 heteroatoms. The molecule has 0 radical (unpaired) electrons. The highest BCUT2D eigenvalue weighted by molar-refractivity contribution is 7.80. The number of thiocarbonyl (C=S) groups is 1. The van der Waals surface area contributed by atoms with Gasteiger partial charge in [-0.1, -0.05) is 23.7 Å². The van der Waals surface area contributed by atoms with Gasteiger partial charge in [0, 0.05) is 18.3 Å². The van der Waals surface area contributed by atoms with Gasteiger partial charge in [0.05, 0.1) is 38.1 Å². The van der Waals surface area contributed by atoms with Crippen LogP contribution in [0.25, 0.3) is 6.08 Å². The first-order valence-corrected chi connectivity index (χ1v) is 12.8. The maximum Gasteiger partial charge on any atom is 0.276 e. The van der Waals surface area contributed by atoms with Crippen molar-refractivity contribution in [2.24, 2.45) is 0 Å². The Hall–Kier alpha value is -3.56. The minimum Gasteiger partial charge on any atom is -0.496 e. The maximum absolute atomic E-state index is 13.2. The van der Waals surface area contributed by atoms with E-state index in [0.717, 1.165) is 22.4 Å². The van der Waals surface area contributed by atoms with Crippen LogP contribution in [0.4, 0.5) is 0 Å². The molecule has 1 aromatic heterocycles. The molecule has 1 saturated heterocycles. The smallest absolute Gasteiger partial charge is 0.276 e. The summed E-state index contributed by atoms with van der Waals surface area (Å²) in [7, 11) is 1.62. The zero-order valence-corrected chi connectivity index (χ0v) is 22.6. The van der Waals surface area contributed by atoms with Crippen molar-refractivity contribution in [3.63, 3.8) is 0 Å². The van der Waals surface area contributed by atoms with Crippen molar-refractivity contribution in [1.82, 2.24) is 20.0 Å². The van der Waals surface area contributed by atoms with E-state index in [1.165, 1.54) is 0 Å². The molecule has 1 aliphatic heterocycles. The maximum atomic E-state index is 13.2. The lowest BCUT2D eigenvalue weighted by Gasteiger charge is -2.16. The third-order valence-corrected chi connectivity index (χ3v) is 6.26. The number of rotatable bonds is 11. The second-order valence-corrected chi connectivity index (χ2v) is 9.09. The SMILES string of the molecule is CCOc1ccc(CCN2C(=O)/C(=C\c3ccc(OC)c(Cn4cc(Cl)cn4)c3)NC2=S)cc1OCC. The third kappa shape index (κ3) is 6.42. The predicted molar refractivity (Wildman–Crippen MR) is 147 cm³/mol. The van der Waals surface area contributed by atoms with Crippen LogP contribution < -0.4 is 19.5 Å². The Labute approximate surface area is 226 Å². The highest BCUT2D eigenvalue weighted by Crippen LogP contribution is 2.29. The first-order valence-electron chi connectivity index (χ1n) is 12.0. The summed E-state index contributed by atoms with van der Waals surface area (Å²) >= 11 is 11.5. The topological polar surface area (TPSA) is 77.8 Å². The molecule has 1 amide bonds. The Morgan fingerprint density at radius 2 is 1.84 bits per heavy atom. The second-order valence-electron chi connectivity index (χ2n) is 8.27. The number of carbonyl (C=O) groups is 1. The number of hydrogen-bond donors (Lipinski definition) is 1. The van der Waals surface area contributed by atoms with Crippen LogP contribution in [0.5, 0.6) is 17.2 Å². The summed E-state index contributed by atoms with van der Waals surface area (Å²) in [5, 5.41) is 8.23. The van der Waals surface area contributed by atoms with E-state index in [9.17, 15) is 4.79 Å². The molecule has 0 saturated carbocycles. The first kappa shape index (κ1) is 26.5. The molecule has 1 N–H and O–H groups in total. The fraction of sp³-hybridized carbons (Fsp3) is 0.296. The minimum atomic E-state index is -0.169. The summed E-state index contributed by atoms with van der Waals surface area (Å²) in [4.78, 5) is 14.7. The molecule has 194 valence electrons. The zero-order valence-electron chi connectivity index (χ0n) is 21.0. The van der Waals surface area contributed by atoms with Crippen molar-refractivity contribution in [3.8, 4) is 17.2 Å². The van der Waals surface area contributed by atoms with Gasteiger partial charge in [-0.05, 0) is 74.0 Å². The van der Waals surface area contributed by atoms with E-state index < -0.39 is 0 Å². The largest absolute Gasteiger partial charge is 0.496 e. The van der Waals surface area contributed by atoms with Gasteiger partial charge < -0.3 is 19.5 Å². The summed E-state index contributed by atoms with van der Waals surface area (Å²) in [5.74, 6) is 1.96. The molecule has 0 aliphatic carbocycles. The van der Waals surface area contributed by atoms with Crippen molar-refractivity contribution in [3.05, 3.63) is 76.2 Å². The highest BCUT2D eigenvalue weighted by Gasteiger charge is 2.30. The average molecular weight is 541 g/mol. The summed E-state index contributed by atoms with van der Waals surface area (Å²) in [6.45, 7) is 5.88. The number of halogens is 1. The molecule has 3 aromatic rings. The van der Waals surface area contributed by atoms with Gasteiger partial charge in [-0.25, -0.2) is 0 Å². The molecule has 8 nitrogen and oxygen atoms in total. The lowest BCUT2D eigenvalue weighted by molar-refractivity contribution is -0.122. The molecule has 0 spiro atoms. The van der Waals surface area contributed by atoms with Crippen LogP contribution in [0.2, 0.25) is 5.02 Å². The zero-order chi connectivity index (χ0) is 26.4. The Bertz CT molecular complexity index is 1320. The quantitative estimate of drug-likeness (QED) is 0.279. The number of methoxy groups -OCH3 is 1. The highest BCUT2D eigenvalue weighted by atomic mass is 35.5. The van der Waals surface area contributed by atoms with Crippen LogP contribution in [0.3, 0.4) is 0 Å². The molecule has 1 aliphatic rings. The van der Waals surface area contributed by atoms with E-state index in [2.05, 4.69) is 10.4 Å². The van der Waals surface area contributed by atoms with Gasteiger partial charge in [-0.15, -0.1) is 0 Å². The monoisotopic (exact) mass is 540 g/mol.